The van der Waals surface area contributed by atoms with Crippen molar-refractivity contribution in [3.63, 3.8) is 0 Å². The van der Waals surface area contributed by atoms with Crippen molar-refractivity contribution in [2.45, 2.75) is 107 Å². The first kappa shape index (κ1) is 37.3. The van der Waals surface area contributed by atoms with Crippen LogP contribution in [-0.2, 0) is 24.5 Å². The van der Waals surface area contributed by atoms with Gasteiger partial charge in [0.1, 0.15) is 11.5 Å². The molecule has 6 saturated carbocycles. The SMILES string of the molecule is COc1ccc(C(C)(C)c2ccc(OC(C)=O)cc2)cc1.CSC1CC2C3CC(OCCOC4CC5CC4C4CC(SC(C)=O)CC54)C(C3)C2C1. The number of carbonyl (C=O) groups excluding carboxylic acids is 2. The van der Waals surface area contributed by atoms with Gasteiger partial charge in [-0.25, -0.2) is 0 Å². The zero-order chi connectivity index (χ0) is 35.9. The highest BCUT2D eigenvalue weighted by Gasteiger charge is 2.57. The fraction of sp³-hybridized carbons (Fsp3) is 0.674. The fourth-order valence-corrected chi connectivity index (χ4v) is 13.4. The first-order chi connectivity index (χ1) is 24.5. The maximum atomic E-state index is 11.5. The van der Waals surface area contributed by atoms with E-state index in [2.05, 4.69) is 44.0 Å². The normalized spacial score (nSPS) is 35.6. The van der Waals surface area contributed by atoms with Gasteiger partial charge >= 0.3 is 5.97 Å². The third kappa shape index (κ3) is 7.95. The van der Waals surface area contributed by atoms with Gasteiger partial charge in [-0.1, -0.05) is 49.9 Å². The molecule has 0 N–H and O–H groups in total. The number of esters is 1. The summed E-state index contributed by atoms with van der Waals surface area (Å²) in [5, 5.41) is 1.79. The molecule has 51 heavy (non-hydrogen) atoms. The van der Waals surface area contributed by atoms with Crippen LogP contribution in [0.15, 0.2) is 48.5 Å². The Morgan fingerprint density at radius 2 is 1.12 bits per heavy atom. The van der Waals surface area contributed by atoms with Crippen molar-refractivity contribution in [1.82, 2.24) is 0 Å². The number of fused-ring (bicyclic) bond motifs is 10. The number of benzene rings is 2. The average Bonchev–Trinajstić information content (AvgIpc) is 3.95. The highest BCUT2D eigenvalue weighted by atomic mass is 32.2. The van der Waals surface area contributed by atoms with Crippen molar-refractivity contribution >= 4 is 34.6 Å². The van der Waals surface area contributed by atoms with Gasteiger partial charge in [0.2, 0.25) is 0 Å². The number of rotatable bonds is 11. The largest absolute Gasteiger partial charge is 0.497 e. The Balaban J connectivity index is 0.000000171. The van der Waals surface area contributed by atoms with Crippen molar-refractivity contribution in [3.8, 4) is 11.5 Å². The second-order valence-corrected chi connectivity index (χ2v) is 19.4. The van der Waals surface area contributed by atoms with E-state index in [1.807, 2.05) is 36.4 Å². The molecule has 8 rings (SSSR count). The molecular weight excluding hydrogens is 677 g/mol. The first-order valence-electron chi connectivity index (χ1n) is 19.4. The first-order valence-corrected chi connectivity index (χ1v) is 21.6. The molecule has 8 heteroatoms. The minimum absolute atomic E-state index is 0.138. The van der Waals surface area contributed by atoms with Gasteiger partial charge < -0.3 is 18.9 Å². The number of ether oxygens (including phenoxy) is 4. The third-order valence-corrected chi connectivity index (χ3v) is 15.9. The zero-order valence-corrected chi connectivity index (χ0v) is 33.0. The van der Waals surface area contributed by atoms with Crippen molar-refractivity contribution in [2.24, 2.45) is 47.3 Å². The molecule has 0 aliphatic heterocycles. The second-order valence-electron chi connectivity index (χ2n) is 16.8. The molecular formula is C43H58O6S2. The summed E-state index contributed by atoms with van der Waals surface area (Å²) in [6, 6.07) is 15.7. The predicted octanol–water partition coefficient (Wildman–Crippen LogP) is 9.22. The number of carbonyl (C=O) groups is 2. The van der Waals surface area contributed by atoms with E-state index in [4.69, 9.17) is 18.9 Å². The van der Waals surface area contributed by atoms with E-state index in [1.165, 1.54) is 63.9 Å². The maximum absolute atomic E-state index is 11.5. The molecule has 0 aromatic heterocycles. The summed E-state index contributed by atoms with van der Waals surface area (Å²) in [5.41, 5.74) is 2.22. The van der Waals surface area contributed by atoms with E-state index >= 15 is 0 Å². The van der Waals surface area contributed by atoms with Crippen LogP contribution in [0.2, 0.25) is 0 Å². The van der Waals surface area contributed by atoms with Crippen LogP contribution in [0, 0.1) is 47.3 Å². The molecule has 0 radical (unpaired) electrons. The highest BCUT2D eigenvalue weighted by molar-refractivity contribution is 8.14. The Morgan fingerprint density at radius 3 is 1.59 bits per heavy atom. The lowest BCUT2D eigenvalue weighted by Crippen LogP contribution is -2.33. The minimum atomic E-state index is -0.308. The molecule has 0 spiro atoms. The van der Waals surface area contributed by atoms with Gasteiger partial charge in [0, 0.05) is 29.8 Å². The van der Waals surface area contributed by atoms with Gasteiger partial charge in [-0.3, -0.25) is 9.59 Å². The number of methoxy groups -OCH3 is 1. The summed E-state index contributed by atoms with van der Waals surface area (Å²) < 4.78 is 23.1. The zero-order valence-electron chi connectivity index (χ0n) is 31.4. The third-order valence-electron chi connectivity index (χ3n) is 13.8. The molecule has 2 aromatic carbocycles. The molecule has 0 heterocycles. The van der Waals surface area contributed by atoms with Crippen LogP contribution in [0.4, 0.5) is 0 Å². The van der Waals surface area contributed by atoms with E-state index in [0.29, 0.717) is 28.3 Å². The Bertz CT molecular complexity index is 1510. The van der Waals surface area contributed by atoms with Crippen molar-refractivity contribution in [2.75, 3.05) is 26.6 Å². The van der Waals surface area contributed by atoms with E-state index in [9.17, 15) is 9.59 Å². The standard InChI is InChI=1S/C25H38O3S2.C18H20O3/c1-13(26)30-17-11-19-15-6-23(21(19)12-17)25(8-15)28-4-3-27-24-7-14-5-22(24)20-10-16(29-2)9-18(14)20;1-13(19)21-17-11-7-15(8-12-17)18(2,3)14-5-9-16(20-4)10-6-14/h14-25H,3-12H2,1-2H3;5-12H,1-4H3. The molecule has 6 aliphatic rings. The molecule has 2 aromatic rings. The smallest absolute Gasteiger partial charge is 0.308 e. The summed E-state index contributed by atoms with van der Waals surface area (Å²) in [6.07, 6.45) is 14.1. The van der Waals surface area contributed by atoms with Crippen molar-refractivity contribution in [1.29, 1.82) is 0 Å². The Hall–Kier alpha value is -2.00. The fourth-order valence-electron chi connectivity index (χ4n) is 11.5. The maximum Gasteiger partial charge on any atom is 0.308 e. The lowest BCUT2D eigenvalue weighted by atomic mass is 9.78. The molecule has 278 valence electrons. The summed E-state index contributed by atoms with van der Waals surface area (Å²) >= 11 is 3.69. The Kier molecular flexibility index (Phi) is 11.5. The second kappa shape index (κ2) is 15.8. The Morgan fingerprint density at radius 1 is 0.647 bits per heavy atom. The quantitative estimate of drug-likeness (QED) is 0.129. The number of thioether (sulfide) groups is 2. The van der Waals surface area contributed by atoms with Gasteiger partial charge in [-0.05, 0) is 140 Å². The van der Waals surface area contributed by atoms with Crippen LogP contribution in [0.3, 0.4) is 0 Å². The lowest BCUT2D eigenvalue weighted by Gasteiger charge is -2.33. The highest BCUT2D eigenvalue weighted by Crippen LogP contribution is 2.62. The van der Waals surface area contributed by atoms with Gasteiger partial charge in [-0.2, -0.15) is 11.8 Å². The molecule has 12 atom stereocenters. The molecule has 6 fully saturated rings. The van der Waals surface area contributed by atoms with E-state index in [-0.39, 0.29) is 11.4 Å². The number of hydrogen-bond donors (Lipinski definition) is 0. The van der Waals surface area contributed by atoms with Crippen LogP contribution in [0.1, 0.15) is 90.2 Å². The van der Waals surface area contributed by atoms with Crippen LogP contribution >= 0.6 is 23.5 Å². The van der Waals surface area contributed by atoms with Crippen LogP contribution in [0.25, 0.3) is 0 Å². The van der Waals surface area contributed by atoms with Gasteiger partial charge in [0.15, 0.2) is 5.12 Å². The monoisotopic (exact) mass is 734 g/mol. The van der Waals surface area contributed by atoms with Gasteiger partial charge in [0.05, 0.1) is 32.5 Å². The van der Waals surface area contributed by atoms with Crippen LogP contribution < -0.4 is 9.47 Å². The molecule has 0 amide bonds. The van der Waals surface area contributed by atoms with Crippen LogP contribution in [0.5, 0.6) is 11.5 Å². The predicted molar refractivity (Wildman–Crippen MR) is 207 cm³/mol. The molecule has 6 aliphatic carbocycles. The molecule has 6 nitrogen and oxygen atoms in total. The summed E-state index contributed by atoms with van der Waals surface area (Å²) in [4.78, 5) is 22.5. The van der Waals surface area contributed by atoms with E-state index in [0.717, 1.165) is 77.1 Å². The van der Waals surface area contributed by atoms with Gasteiger partial charge in [-0.15, -0.1) is 0 Å². The van der Waals surface area contributed by atoms with Crippen molar-refractivity contribution < 1.29 is 28.5 Å². The topological polar surface area (TPSA) is 71.1 Å². The summed E-state index contributed by atoms with van der Waals surface area (Å²) in [6.45, 7) is 9.03. The number of hydrogen-bond acceptors (Lipinski definition) is 8. The van der Waals surface area contributed by atoms with Crippen molar-refractivity contribution in [3.05, 3.63) is 59.7 Å². The molecule has 0 saturated heterocycles. The minimum Gasteiger partial charge on any atom is -0.497 e. The average molecular weight is 735 g/mol. The summed E-state index contributed by atoms with van der Waals surface area (Å²) in [5.74, 6) is 8.18. The molecule has 12 unspecified atom stereocenters. The van der Waals surface area contributed by atoms with E-state index in [1.54, 1.807) is 25.8 Å². The van der Waals surface area contributed by atoms with E-state index < -0.39 is 0 Å². The van der Waals surface area contributed by atoms with Gasteiger partial charge in [0.25, 0.3) is 0 Å². The van der Waals surface area contributed by atoms with Crippen LogP contribution in [-0.4, -0.2) is 60.4 Å². The molecule has 4 bridgehead atoms. The summed E-state index contributed by atoms with van der Waals surface area (Å²) in [7, 11) is 1.66. The lowest BCUT2D eigenvalue weighted by molar-refractivity contribution is -0.131. The Labute approximate surface area is 314 Å².